The lowest BCUT2D eigenvalue weighted by molar-refractivity contribution is 0.773. The van der Waals surface area contributed by atoms with E-state index in [0.29, 0.717) is 5.92 Å². The molecule has 122 valence electrons. The van der Waals surface area contributed by atoms with Crippen LogP contribution >= 0.6 is 79.6 Å². The van der Waals surface area contributed by atoms with Crippen LogP contribution < -0.4 is 0 Å². The normalized spacial score (nSPS) is 17.4. The van der Waals surface area contributed by atoms with Gasteiger partial charge in [-0.3, -0.25) is 0 Å². The maximum atomic E-state index is 3.86. The molecule has 3 rings (SSSR count). The summed E-state index contributed by atoms with van der Waals surface area (Å²) in [6, 6.07) is 8.80. The molecule has 0 aliphatic heterocycles. The van der Waals surface area contributed by atoms with Crippen LogP contribution in [0.2, 0.25) is 0 Å². The summed E-state index contributed by atoms with van der Waals surface area (Å²) in [6.45, 7) is 4.34. The Morgan fingerprint density at radius 3 is 2.26 bits per heavy atom. The average molecular weight is 631 g/mol. The first kappa shape index (κ1) is 18.6. The SMILES string of the molecule is Cc1c(C)c(C(Br)(Br)Br)c(C2CCc3ccccc32)c(Br)c1Br. The zero-order valence-corrected chi connectivity index (χ0v) is 20.6. The first-order valence-electron chi connectivity index (χ1n) is 7.36. The average Bonchev–Trinajstić information content (AvgIpc) is 2.91. The Labute approximate surface area is 179 Å². The number of hydrogen-bond acceptors (Lipinski definition) is 0. The molecule has 23 heavy (non-hydrogen) atoms. The van der Waals surface area contributed by atoms with Crippen molar-refractivity contribution in [1.82, 2.24) is 0 Å². The van der Waals surface area contributed by atoms with Crippen LogP contribution in [-0.2, 0) is 8.56 Å². The summed E-state index contributed by atoms with van der Waals surface area (Å²) >= 11 is 18.9. The van der Waals surface area contributed by atoms with Crippen molar-refractivity contribution in [3.8, 4) is 0 Å². The summed E-state index contributed by atoms with van der Waals surface area (Å²) in [7, 11) is 0. The smallest absolute Gasteiger partial charge is 0.0620 e. The molecule has 0 amide bonds. The topological polar surface area (TPSA) is 0 Å². The highest BCUT2D eigenvalue weighted by Gasteiger charge is 2.36. The van der Waals surface area contributed by atoms with Crippen LogP contribution in [0.15, 0.2) is 33.2 Å². The van der Waals surface area contributed by atoms with Gasteiger partial charge in [0.15, 0.2) is 2.14 Å². The highest BCUT2D eigenvalue weighted by atomic mass is 80.0. The molecule has 1 aliphatic rings. The molecular formula is C18H15Br5. The zero-order valence-electron chi connectivity index (χ0n) is 12.7. The van der Waals surface area contributed by atoms with Gasteiger partial charge in [0.1, 0.15) is 0 Å². The number of alkyl halides is 3. The number of halogens is 5. The second-order valence-electron chi connectivity index (χ2n) is 5.95. The van der Waals surface area contributed by atoms with Gasteiger partial charge in [-0.05, 0) is 91.9 Å². The lowest BCUT2D eigenvalue weighted by Crippen LogP contribution is -2.13. The van der Waals surface area contributed by atoms with Gasteiger partial charge in [-0.25, -0.2) is 0 Å². The number of benzene rings is 2. The van der Waals surface area contributed by atoms with Crippen LogP contribution in [0, 0.1) is 13.8 Å². The first-order valence-corrected chi connectivity index (χ1v) is 11.3. The van der Waals surface area contributed by atoms with E-state index in [-0.39, 0.29) is 0 Å². The van der Waals surface area contributed by atoms with Crippen LogP contribution in [0.25, 0.3) is 0 Å². The Kier molecular flexibility index (Phi) is 5.56. The molecule has 0 N–H and O–H groups in total. The van der Waals surface area contributed by atoms with Crippen molar-refractivity contribution >= 4 is 79.6 Å². The summed E-state index contributed by atoms with van der Waals surface area (Å²) < 4.78 is 1.87. The molecule has 0 saturated carbocycles. The summed E-state index contributed by atoms with van der Waals surface area (Å²) in [4.78, 5) is 0. The van der Waals surface area contributed by atoms with E-state index >= 15 is 0 Å². The Balaban J connectivity index is 2.32. The van der Waals surface area contributed by atoms with Crippen LogP contribution in [0.1, 0.15) is 45.7 Å². The quantitative estimate of drug-likeness (QED) is 0.279. The van der Waals surface area contributed by atoms with Crippen molar-refractivity contribution in [2.45, 2.75) is 34.7 Å². The van der Waals surface area contributed by atoms with Crippen molar-refractivity contribution in [2.24, 2.45) is 0 Å². The van der Waals surface area contributed by atoms with E-state index in [2.05, 4.69) is 118 Å². The van der Waals surface area contributed by atoms with Crippen LogP contribution in [0.4, 0.5) is 0 Å². The van der Waals surface area contributed by atoms with E-state index in [1.165, 1.54) is 33.4 Å². The van der Waals surface area contributed by atoms with E-state index < -0.39 is 2.14 Å². The first-order chi connectivity index (χ1) is 10.7. The molecule has 5 heteroatoms. The van der Waals surface area contributed by atoms with Gasteiger partial charge in [0, 0.05) is 14.9 Å². The molecule has 0 nitrogen and oxygen atoms in total. The van der Waals surface area contributed by atoms with E-state index in [1.807, 2.05) is 0 Å². The van der Waals surface area contributed by atoms with E-state index in [9.17, 15) is 0 Å². The maximum absolute atomic E-state index is 3.86. The third-order valence-corrected chi connectivity index (χ3v) is 8.27. The fraction of sp³-hybridized carbons (Fsp3) is 0.333. The van der Waals surface area contributed by atoms with Gasteiger partial charge in [-0.1, -0.05) is 72.1 Å². The lowest BCUT2D eigenvalue weighted by atomic mass is 9.86. The Morgan fingerprint density at radius 2 is 1.61 bits per heavy atom. The molecule has 0 heterocycles. The number of rotatable bonds is 1. The summed E-state index contributed by atoms with van der Waals surface area (Å²) in [5.74, 6) is 0.401. The molecular weight excluding hydrogens is 616 g/mol. The summed E-state index contributed by atoms with van der Waals surface area (Å²) in [5, 5.41) is 0. The highest BCUT2D eigenvalue weighted by molar-refractivity contribution is 9.38. The Bertz CT molecular complexity index is 774. The van der Waals surface area contributed by atoms with Gasteiger partial charge in [0.25, 0.3) is 0 Å². The maximum Gasteiger partial charge on any atom is 0.160 e. The highest BCUT2D eigenvalue weighted by Crippen LogP contribution is 2.55. The minimum atomic E-state index is -0.433. The molecule has 0 fully saturated rings. The summed E-state index contributed by atoms with van der Waals surface area (Å²) in [5.41, 5.74) is 8.05. The predicted octanol–water partition coefficient (Wildman–Crippen LogP) is 8.20. The molecule has 0 bridgehead atoms. The van der Waals surface area contributed by atoms with E-state index in [0.717, 1.165) is 21.8 Å². The molecule has 0 aromatic heterocycles. The van der Waals surface area contributed by atoms with Crippen LogP contribution in [0.5, 0.6) is 0 Å². The minimum absolute atomic E-state index is 0.401. The molecule has 2 aromatic carbocycles. The van der Waals surface area contributed by atoms with E-state index in [1.54, 1.807) is 0 Å². The molecule has 1 aliphatic carbocycles. The molecule has 0 saturated heterocycles. The van der Waals surface area contributed by atoms with Crippen molar-refractivity contribution in [3.63, 3.8) is 0 Å². The molecule has 1 unspecified atom stereocenters. The van der Waals surface area contributed by atoms with E-state index in [4.69, 9.17) is 0 Å². The Hall–Kier alpha value is 0.840. The van der Waals surface area contributed by atoms with Gasteiger partial charge >= 0.3 is 0 Å². The molecule has 0 radical (unpaired) electrons. The Morgan fingerprint density at radius 1 is 0.957 bits per heavy atom. The molecule has 0 spiro atoms. The minimum Gasteiger partial charge on any atom is -0.0620 e. The molecule has 2 aromatic rings. The van der Waals surface area contributed by atoms with Gasteiger partial charge in [0.05, 0.1) is 0 Å². The van der Waals surface area contributed by atoms with Crippen molar-refractivity contribution in [2.75, 3.05) is 0 Å². The van der Waals surface area contributed by atoms with Crippen molar-refractivity contribution < 1.29 is 0 Å². The van der Waals surface area contributed by atoms with Crippen LogP contribution in [0.3, 0.4) is 0 Å². The number of aryl methyl sites for hydroxylation is 1. The van der Waals surface area contributed by atoms with Gasteiger partial charge in [-0.2, -0.15) is 0 Å². The second kappa shape index (κ2) is 6.86. The monoisotopic (exact) mass is 626 g/mol. The molecule has 1 atom stereocenters. The lowest BCUT2D eigenvalue weighted by Gasteiger charge is -2.28. The third kappa shape index (κ3) is 3.30. The van der Waals surface area contributed by atoms with Crippen molar-refractivity contribution in [3.05, 3.63) is 66.6 Å². The van der Waals surface area contributed by atoms with Gasteiger partial charge in [0.2, 0.25) is 0 Å². The number of fused-ring (bicyclic) bond motifs is 1. The largest absolute Gasteiger partial charge is 0.160 e. The fourth-order valence-electron chi connectivity index (χ4n) is 3.50. The van der Waals surface area contributed by atoms with Crippen LogP contribution in [-0.4, -0.2) is 0 Å². The van der Waals surface area contributed by atoms with Crippen molar-refractivity contribution in [1.29, 1.82) is 0 Å². The predicted molar refractivity (Wildman–Crippen MR) is 116 cm³/mol. The second-order valence-corrected chi connectivity index (χ2v) is 14.3. The fourth-order valence-corrected chi connectivity index (χ4v) is 6.31. The van der Waals surface area contributed by atoms with Gasteiger partial charge in [-0.15, -0.1) is 0 Å². The van der Waals surface area contributed by atoms with Gasteiger partial charge < -0.3 is 0 Å². The zero-order chi connectivity index (χ0) is 16.9. The third-order valence-electron chi connectivity index (χ3n) is 4.73. The number of hydrogen-bond donors (Lipinski definition) is 0. The standard InChI is InChI=1S/C18H15Br5/c1-9-10(2)16(19)17(20)14(15(9)18(21,22)23)13-8-7-11-5-3-4-6-12(11)13/h3-6,13H,7-8H2,1-2H3. The summed E-state index contributed by atoms with van der Waals surface area (Å²) in [6.07, 6.45) is 2.28.